The van der Waals surface area contributed by atoms with Gasteiger partial charge in [0, 0.05) is 6.42 Å². The Bertz CT molecular complexity index is 470. The van der Waals surface area contributed by atoms with Gasteiger partial charge in [-0.05, 0) is 12.1 Å². The highest BCUT2D eigenvalue weighted by Crippen LogP contribution is 2.35. The normalized spacial score (nSPS) is 14.5. The summed E-state index contributed by atoms with van der Waals surface area (Å²) in [6, 6.07) is 3.82. The maximum absolute atomic E-state index is 12.0. The Labute approximate surface area is 98.5 Å². The van der Waals surface area contributed by atoms with Crippen LogP contribution >= 0.6 is 0 Å². The van der Waals surface area contributed by atoms with Crippen molar-refractivity contribution in [3.05, 3.63) is 23.8 Å². The van der Waals surface area contributed by atoms with E-state index in [9.17, 15) is 9.59 Å². The summed E-state index contributed by atoms with van der Waals surface area (Å²) in [6.45, 7) is 1.75. The van der Waals surface area contributed by atoms with Crippen molar-refractivity contribution >= 4 is 11.6 Å². The van der Waals surface area contributed by atoms with Crippen LogP contribution < -0.4 is 15.2 Å². The number of rotatable bonds is 4. The summed E-state index contributed by atoms with van der Waals surface area (Å²) in [5.74, 6) is 0.162. The molecule has 90 valence electrons. The van der Waals surface area contributed by atoms with Crippen molar-refractivity contribution in [3.8, 4) is 11.5 Å². The molecule has 0 saturated carbocycles. The highest BCUT2D eigenvalue weighted by atomic mass is 16.7. The molecule has 0 bridgehead atoms. The second-order valence-electron chi connectivity index (χ2n) is 3.70. The van der Waals surface area contributed by atoms with Gasteiger partial charge in [-0.3, -0.25) is 9.59 Å². The zero-order valence-electron chi connectivity index (χ0n) is 9.43. The molecule has 1 aromatic carbocycles. The molecule has 0 spiro atoms. The molecule has 5 heteroatoms. The van der Waals surface area contributed by atoms with E-state index in [1.54, 1.807) is 25.1 Å². The molecular weight excluding hydrogens is 222 g/mol. The van der Waals surface area contributed by atoms with Crippen LogP contribution in [0.3, 0.4) is 0 Å². The fourth-order valence-electron chi connectivity index (χ4n) is 1.66. The number of carbonyl (C=O) groups excluding carboxylic acids is 2. The molecule has 2 rings (SSSR count). The number of hydrogen-bond donors (Lipinski definition) is 1. The van der Waals surface area contributed by atoms with Crippen LogP contribution in [0.4, 0.5) is 0 Å². The molecule has 1 atom stereocenters. The van der Waals surface area contributed by atoms with E-state index in [0.717, 1.165) is 0 Å². The Hall–Kier alpha value is -1.88. The van der Waals surface area contributed by atoms with Crippen molar-refractivity contribution < 1.29 is 19.1 Å². The zero-order valence-corrected chi connectivity index (χ0v) is 9.43. The van der Waals surface area contributed by atoms with Gasteiger partial charge in [0.25, 0.3) is 0 Å². The van der Waals surface area contributed by atoms with Crippen LogP contribution in [0.1, 0.15) is 23.7 Å². The summed E-state index contributed by atoms with van der Waals surface area (Å²) in [6.07, 6.45) is 0.235. The van der Waals surface area contributed by atoms with E-state index in [0.29, 0.717) is 17.1 Å². The van der Waals surface area contributed by atoms with Crippen molar-refractivity contribution in [2.24, 2.45) is 5.73 Å². The minimum atomic E-state index is -1.13. The van der Waals surface area contributed by atoms with Crippen LogP contribution in [-0.2, 0) is 4.79 Å². The largest absolute Gasteiger partial charge is 0.454 e. The van der Waals surface area contributed by atoms with E-state index in [1.807, 2.05) is 0 Å². The van der Waals surface area contributed by atoms with Gasteiger partial charge < -0.3 is 15.2 Å². The summed E-state index contributed by atoms with van der Waals surface area (Å²) < 4.78 is 10.4. The molecule has 5 nitrogen and oxygen atoms in total. The number of benzene rings is 1. The number of para-hydroxylation sites is 1. The first-order valence-electron chi connectivity index (χ1n) is 5.36. The number of ether oxygens (including phenoxy) is 2. The van der Waals surface area contributed by atoms with Crippen LogP contribution in [0.2, 0.25) is 0 Å². The molecule has 0 amide bonds. The first-order chi connectivity index (χ1) is 8.15. The van der Waals surface area contributed by atoms with Gasteiger partial charge in [0.1, 0.15) is 6.04 Å². The van der Waals surface area contributed by atoms with Gasteiger partial charge in [0.2, 0.25) is 6.79 Å². The van der Waals surface area contributed by atoms with E-state index in [-0.39, 0.29) is 19.0 Å². The standard InChI is InChI=1S/C12H13NO4/c1-2-8(14)10(13)11(15)7-4-3-5-9-12(7)17-6-16-9/h3-5,10H,2,6,13H2,1H3. The van der Waals surface area contributed by atoms with Crippen molar-refractivity contribution in [1.29, 1.82) is 0 Å². The highest BCUT2D eigenvalue weighted by molar-refractivity contribution is 6.15. The second kappa shape index (κ2) is 4.55. The summed E-state index contributed by atoms with van der Waals surface area (Å²) >= 11 is 0. The first kappa shape index (κ1) is 11.6. The van der Waals surface area contributed by atoms with E-state index in [2.05, 4.69) is 0 Å². The number of ketones is 2. The molecule has 1 aliphatic rings. The summed E-state index contributed by atoms with van der Waals surface area (Å²) in [7, 11) is 0. The summed E-state index contributed by atoms with van der Waals surface area (Å²) in [4.78, 5) is 23.4. The average molecular weight is 235 g/mol. The fraction of sp³-hybridized carbons (Fsp3) is 0.333. The molecule has 2 N–H and O–H groups in total. The van der Waals surface area contributed by atoms with Crippen LogP contribution in [0, 0.1) is 0 Å². The third kappa shape index (κ3) is 2.01. The molecule has 1 unspecified atom stereocenters. The van der Waals surface area contributed by atoms with E-state index in [1.165, 1.54) is 0 Å². The third-order valence-corrected chi connectivity index (χ3v) is 2.64. The lowest BCUT2D eigenvalue weighted by Crippen LogP contribution is -2.38. The quantitative estimate of drug-likeness (QED) is 0.619. The van der Waals surface area contributed by atoms with Gasteiger partial charge in [-0.1, -0.05) is 13.0 Å². The van der Waals surface area contributed by atoms with Crippen LogP contribution in [-0.4, -0.2) is 24.4 Å². The van der Waals surface area contributed by atoms with Crippen molar-refractivity contribution in [1.82, 2.24) is 0 Å². The maximum Gasteiger partial charge on any atom is 0.231 e. The number of nitrogens with two attached hydrogens (primary N) is 1. The van der Waals surface area contributed by atoms with Crippen molar-refractivity contribution in [3.63, 3.8) is 0 Å². The number of carbonyl (C=O) groups is 2. The topological polar surface area (TPSA) is 78.6 Å². The lowest BCUT2D eigenvalue weighted by Gasteiger charge is -2.10. The molecular formula is C12H13NO4. The molecule has 0 saturated heterocycles. The van der Waals surface area contributed by atoms with Gasteiger partial charge in [-0.2, -0.15) is 0 Å². The predicted octanol–water partition coefficient (Wildman–Crippen LogP) is 0.904. The minimum absolute atomic E-state index is 0.0799. The number of hydrogen-bond acceptors (Lipinski definition) is 5. The maximum atomic E-state index is 12.0. The highest BCUT2D eigenvalue weighted by Gasteiger charge is 2.28. The van der Waals surface area contributed by atoms with Gasteiger partial charge in [-0.25, -0.2) is 0 Å². The Morgan fingerprint density at radius 2 is 2.18 bits per heavy atom. The van der Waals surface area contributed by atoms with E-state index < -0.39 is 11.8 Å². The van der Waals surface area contributed by atoms with E-state index >= 15 is 0 Å². The van der Waals surface area contributed by atoms with Gasteiger partial charge in [0.15, 0.2) is 23.1 Å². The Balaban J connectivity index is 2.32. The molecule has 1 aromatic rings. The van der Waals surface area contributed by atoms with E-state index in [4.69, 9.17) is 15.2 Å². The van der Waals surface area contributed by atoms with Gasteiger partial charge in [0.05, 0.1) is 5.56 Å². The average Bonchev–Trinajstić information content (AvgIpc) is 2.83. The third-order valence-electron chi connectivity index (χ3n) is 2.64. The number of fused-ring (bicyclic) bond motifs is 1. The van der Waals surface area contributed by atoms with Crippen LogP contribution in [0.25, 0.3) is 0 Å². The smallest absolute Gasteiger partial charge is 0.231 e. The zero-order chi connectivity index (χ0) is 12.4. The van der Waals surface area contributed by atoms with Gasteiger partial charge >= 0.3 is 0 Å². The minimum Gasteiger partial charge on any atom is -0.454 e. The fourth-order valence-corrected chi connectivity index (χ4v) is 1.66. The van der Waals surface area contributed by atoms with Crippen LogP contribution in [0.15, 0.2) is 18.2 Å². The van der Waals surface area contributed by atoms with Gasteiger partial charge in [-0.15, -0.1) is 0 Å². The molecule has 0 aliphatic carbocycles. The second-order valence-corrected chi connectivity index (χ2v) is 3.70. The SMILES string of the molecule is CCC(=O)C(N)C(=O)c1cccc2c1OCO2. The molecule has 17 heavy (non-hydrogen) atoms. The molecule has 0 aromatic heterocycles. The molecule has 1 heterocycles. The molecule has 0 radical (unpaired) electrons. The first-order valence-corrected chi connectivity index (χ1v) is 5.36. The Morgan fingerprint density at radius 3 is 2.88 bits per heavy atom. The Morgan fingerprint density at radius 1 is 1.41 bits per heavy atom. The monoisotopic (exact) mass is 235 g/mol. The molecule has 1 aliphatic heterocycles. The lowest BCUT2D eigenvalue weighted by atomic mass is 9.99. The summed E-state index contributed by atoms with van der Waals surface area (Å²) in [5.41, 5.74) is 5.90. The summed E-state index contributed by atoms with van der Waals surface area (Å²) in [5, 5.41) is 0. The number of Topliss-reactive ketones (excluding diaryl/α,β-unsaturated/α-hetero) is 2. The van der Waals surface area contributed by atoms with Crippen LogP contribution in [0.5, 0.6) is 11.5 Å². The Kier molecular flexibility index (Phi) is 3.10. The lowest BCUT2D eigenvalue weighted by molar-refractivity contribution is -0.119. The molecule has 0 fully saturated rings. The predicted molar refractivity (Wildman–Crippen MR) is 60.2 cm³/mol. The van der Waals surface area contributed by atoms with Crippen molar-refractivity contribution in [2.45, 2.75) is 19.4 Å². The van der Waals surface area contributed by atoms with Crippen molar-refractivity contribution in [2.75, 3.05) is 6.79 Å².